The van der Waals surface area contributed by atoms with E-state index in [-0.39, 0.29) is 0 Å². The van der Waals surface area contributed by atoms with E-state index in [0.717, 1.165) is 33.4 Å². The lowest BCUT2D eigenvalue weighted by Gasteiger charge is -2.07. The van der Waals surface area contributed by atoms with Crippen LogP contribution in [0.1, 0.15) is 0 Å². The van der Waals surface area contributed by atoms with Crippen molar-refractivity contribution < 1.29 is 4.52 Å². The predicted octanol–water partition coefficient (Wildman–Crippen LogP) is 5.74. The summed E-state index contributed by atoms with van der Waals surface area (Å²) in [5.74, 6) is 1.17. The van der Waals surface area contributed by atoms with Crippen molar-refractivity contribution in [1.29, 1.82) is 0 Å². The summed E-state index contributed by atoms with van der Waals surface area (Å²) < 4.78 is 5.56. The normalized spacial score (nSPS) is 10.9. The first-order chi connectivity index (χ1) is 14.3. The molecule has 0 aliphatic carbocycles. The van der Waals surface area contributed by atoms with E-state index in [2.05, 4.69) is 25.4 Å². The van der Waals surface area contributed by atoms with Gasteiger partial charge in [-0.3, -0.25) is 4.98 Å². The number of anilines is 2. The van der Waals surface area contributed by atoms with Crippen molar-refractivity contribution in [2.45, 2.75) is 0 Å². The number of hydrogen-bond acceptors (Lipinski definition) is 6. The molecule has 1 N–H and O–H groups in total. The van der Waals surface area contributed by atoms with Gasteiger partial charge in [0, 0.05) is 40.4 Å². The molecule has 0 fully saturated rings. The standard InChI is InChI=1S/C22H14ClN5O/c23-16-4-1-5-17(12-16)26-22-25-10-8-19(27-22)14-6-7-20-18(11-14)21(29-28-20)15-3-2-9-24-13-15/h1-13H,(H,25,26,27). The van der Waals surface area contributed by atoms with E-state index in [0.29, 0.717) is 16.7 Å². The minimum Gasteiger partial charge on any atom is -0.355 e. The Morgan fingerprint density at radius 3 is 2.72 bits per heavy atom. The zero-order chi connectivity index (χ0) is 19.6. The molecule has 0 saturated heterocycles. The van der Waals surface area contributed by atoms with Crippen LogP contribution in [-0.4, -0.2) is 20.1 Å². The van der Waals surface area contributed by atoms with Gasteiger partial charge in [0.1, 0.15) is 5.52 Å². The van der Waals surface area contributed by atoms with Gasteiger partial charge < -0.3 is 9.84 Å². The van der Waals surface area contributed by atoms with E-state index >= 15 is 0 Å². The Morgan fingerprint density at radius 1 is 0.897 bits per heavy atom. The highest BCUT2D eigenvalue weighted by atomic mass is 35.5. The lowest BCUT2D eigenvalue weighted by molar-refractivity contribution is 0.441. The average molecular weight is 400 g/mol. The quantitative estimate of drug-likeness (QED) is 0.415. The molecular formula is C22H14ClN5O. The smallest absolute Gasteiger partial charge is 0.227 e. The van der Waals surface area contributed by atoms with Crippen LogP contribution >= 0.6 is 11.6 Å². The molecule has 5 rings (SSSR count). The molecule has 2 aromatic carbocycles. The van der Waals surface area contributed by atoms with Gasteiger partial charge in [-0.15, -0.1) is 0 Å². The Hall–Kier alpha value is -3.77. The molecule has 0 saturated carbocycles. The summed E-state index contributed by atoms with van der Waals surface area (Å²) in [6, 6.07) is 19.0. The van der Waals surface area contributed by atoms with Crippen molar-refractivity contribution in [1.82, 2.24) is 20.1 Å². The number of rotatable bonds is 4. The van der Waals surface area contributed by atoms with Crippen LogP contribution in [0.3, 0.4) is 0 Å². The number of fused-ring (bicyclic) bond motifs is 1. The highest BCUT2D eigenvalue weighted by Gasteiger charge is 2.13. The van der Waals surface area contributed by atoms with Gasteiger partial charge >= 0.3 is 0 Å². The first-order valence-corrected chi connectivity index (χ1v) is 9.30. The van der Waals surface area contributed by atoms with Crippen molar-refractivity contribution >= 4 is 34.1 Å². The molecule has 0 unspecified atom stereocenters. The summed E-state index contributed by atoms with van der Waals surface area (Å²) in [6.45, 7) is 0. The van der Waals surface area contributed by atoms with Crippen LogP contribution in [0.2, 0.25) is 5.02 Å². The fourth-order valence-electron chi connectivity index (χ4n) is 3.08. The van der Waals surface area contributed by atoms with E-state index in [4.69, 9.17) is 16.1 Å². The fourth-order valence-corrected chi connectivity index (χ4v) is 3.27. The van der Waals surface area contributed by atoms with Crippen LogP contribution in [-0.2, 0) is 0 Å². The SMILES string of the molecule is Clc1cccc(Nc2nccc(-c3ccc4noc(-c5cccnc5)c4c3)n2)c1. The van der Waals surface area contributed by atoms with E-state index < -0.39 is 0 Å². The van der Waals surface area contributed by atoms with E-state index in [1.54, 1.807) is 18.6 Å². The van der Waals surface area contributed by atoms with Crippen molar-refractivity contribution in [3.05, 3.63) is 84.3 Å². The van der Waals surface area contributed by atoms with E-state index in [1.807, 2.05) is 60.7 Å². The van der Waals surface area contributed by atoms with Crippen molar-refractivity contribution in [3.8, 4) is 22.6 Å². The molecule has 0 radical (unpaired) electrons. The molecule has 3 aromatic heterocycles. The first-order valence-electron chi connectivity index (χ1n) is 8.92. The van der Waals surface area contributed by atoms with Gasteiger partial charge in [0.2, 0.25) is 5.95 Å². The molecule has 0 spiro atoms. The number of hydrogen-bond donors (Lipinski definition) is 1. The molecule has 7 heteroatoms. The van der Waals surface area contributed by atoms with Crippen molar-refractivity contribution in [2.24, 2.45) is 0 Å². The van der Waals surface area contributed by atoms with Gasteiger partial charge in [0.05, 0.1) is 11.1 Å². The Bertz CT molecular complexity index is 1300. The number of nitrogens with zero attached hydrogens (tertiary/aromatic N) is 4. The maximum atomic E-state index is 6.05. The summed E-state index contributed by atoms with van der Waals surface area (Å²) in [4.78, 5) is 13.1. The Balaban J connectivity index is 1.52. The van der Waals surface area contributed by atoms with Gasteiger partial charge in [-0.1, -0.05) is 28.9 Å². The van der Waals surface area contributed by atoms with Crippen LogP contribution in [0.4, 0.5) is 11.6 Å². The van der Waals surface area contributed by atoms with E-state index in [9.17, 15) is 0 Å². The van der Waals surface area contributed by atoms with Crippen molar-refractivity contribution in [3.63, 3.8) is 0 Å². The summed E-state index contributed by atoms with van der Waals surface area (Å²) in [5.41, 5.74) is 4.19. The zero-order valence-corrected chi connectivity index (χ0v) is 15.8. The second kappa shape index (κ2) is 7.33. The van der Waals surface area contributed by atoms with Gasteiger partial charge in [0.15, 0.2) is 5.76 Å². The topological polar surface area (TPSA) is 76.7 Å². The number of halogens is 1. The van der Waals surface area contributed by atoms with Gasteiger partial charge in [-0.2, -0.15) is 0 Å². The maximum Gasteiger partial charge on any atom is 0.227 e. The van der Waals surface area contributed by atoms with E-state index in [1.165, 1.54) is 0 Å². The number of nitrogens with one attached hydrogen (secondary N) is 1. The summed E-state index contributed by atoms with van der Waals surface area (Å²) in [7, 11) is 0. The fraction of sp³-hybridized carbons (Fsp3) is 0. The number of aromatic nitrogens is 4. The lowest BCUT2D eigenvalue weighted by Crippen LogP contribution is -1.97. The summed E-state index contributed by atoms with van der Waals surface area (Å²) in [6.07, 6.45) is 5.20. The van der Waals surface area contributed by atoms with Crippen LogP contribution in [0, 0.1) is 0 Å². The molecular weight excluding hydrogens is 386 g/mol. The molecule has 0 atom stereocenters. The third-order valence-corrected chi connectivity index (χ3v) is 4.67. The molecule has 0 aliphatic heterocycles. The molecule has 6 nitrogen and oxygen atoms in total. The lowest BCUT2D eigenvalue weighted by atomic mass is 10.1. The van der Waals surface area contributed by atoms with Crippen LogP contribution in [0.5, 0.6) is 0 Å². The Labute approximate surface area is 171 Å². The van der Waals surface area contributed by atoms with Gasteiger partial charge in [-0.05, 0) is 48.5 Å². The van der Waals surface area contributed by atoms with Gasteiger partial charge in [0.25, 0.3) is 0 Å². The Morgan fingerprint density at radius 2 is 1.86 bits per heavy atom. The molecule has 0 aliphatic rings. The maximum absolute atomic E-state index is 6.05. The largest absolute Gasteiger partial charge is 0.355 e. The molecule has 0 bridgehead atoms. The summed E-state index contributed by atoms with van der Waals surface area (Å²) in [5, 5.41) is 8.88. The van der Waals surface area contributed by atoms with Crippen molar-refractivity contribution in [2.75, 3.05) is 5.32 Å². The highest BCUT2D eigenvalue weighted by molar-refractivity contribution is 6.30. The molecule has 29 heavy (non-hydrogen) atoms. The number of benzene rings is 2. The monoisotopic (exact) mass is 399 g/mol. The van der Waals surface area contributed by atoms with Crippen LogP contribution in [0.15, 0.2) is 83.8 Å². The molecule has 5 aromatic rings. The Kier molecular flexibility index (Phi) is 4.38. The second-order valence-corrected chi connectivity index (χ2v) is 6.82. The zero-order valence-electron chi connectivity index (χ0n) is 15.1. The predicted molar refractivity (Wildman–Crippen MR) is 113 cm³/mol. The third-order valence-electron chi connectivity index (χ3n) is 4.43. The first kappa shape index (κ1) is 17.3. The molecule has 0 amide bonds. The molecule has 140 valence electrons. The summed E-state index contributed by atoms with van der Waals surface area (Å²) >= 11 is 6.05. The van der Waals surface area contributed by atoms with Gasteiger partial charge in [-0.25, -0.2) is 9.97 Å². The third kappa shape index (κ3) is 3.53. The minimum absolute atomic E-state index is 0.489. The second-order valence-electron chi connectivity index (χ2n) is 6.39. The number of pyridine rings is 1. The highest BCUT2D eigenvalue weighted by Crippen LogP contribution is 2.31. The van der Waals surface area contributed by atoms with Crippen LogP contribution in [0.25, 0.3) is 33.5 Å². The van der Waals surface area contributed by atoms with Crippen LogP contribution < -0.4 is 5.32 Å². The average Bonchev–Trinajstić information content (AvgIpc) is 3.18. The molecule has 3 heterocycles. The minimum atomic E-state index is 0.489.